The number of hydrogen-bond donors (Lipinski definition) is 2. The highest BCUT2D eigenvalue weighted by molar-refractivity contribution is 5.21. The molecule has 0 atom stereocenters. The van der Waals surface area contributed by atoms with E-state index >= 15 is 0 Å². The molecule has 2 N–H and O–H groups in total. The van der Waals surface area contributed by atoms with Gasteiger partial charge in [-0.3, -0.25) is 5.10 Å². The zero-order chi connectivity index (χ0) is 8.48. The van der Waals surface area contributed by atoms with Crippen molar-refractivity contribution >= 4 is 5.95 Å². The molecule has 0 aromatic carbocycles. The van der Waals surface area contributed by atoms with E-state index in [-0.39, 0.29) is 5.95 Å². The van der Waals surface area contributed by atoms with Crippen LogP contribution in [0.1, 0.15) is 5.82 Å². The van der Waals surface area contributed by atoms with Crippen molar-refractivity contribution in [2.24, 2.45) is 0 Å². The van der Waals surface area contributed by atoms with Gasteiger partial charge in [0, 0.05) is 7.05 Å². The van der Waals surface area contributed by atoms with Crippen molar-refractivity contribution in [1.82, 2.24) is 15.2 Å². The van der Waals surface area contributed by atoms with Gasteiger partial charge in [-0.2, -0.15) is 18.2 Å². The fourth-order valence-electron chi connectivity index (χ4n) is 0.500. The molecule has 7 heteroatoms. The van der Waals surface area contributed by atoms with Gasteiger partial charge in [-0.15, -0.1) is 5.10 Å². The van der Waals surface area contributed by atoms with Gasteiger partial charge in [0.25, 0.3) is 0 Å². The van der Waals surface area contributed by atoms with Crippen molar-refractivity contribution in [2.75, 3.05) is 12.4 Å². The third kappa shape index (κ3) is 1.60. The van der Waals surface area contributed by atoms with E-state index in [0.29, 0.717) is 0 Å². The van der Waals surface area contributed by atoms with E-state index in [2.05, 4.69) is 15.4 Å². The number of rotatable bonds is 1. The Morgan fingerprint density at radius 3 is 2.36 bits per heavy atom. The van der Waals surface area contributed by atoms with Crippen LogP contribution in [0.25, 0.3) is 0 Å². The molecule has 0 aliphatic carbocycles. The lowest BCUT2D eigenvalue weighted by molar-refractivity contribution is -0.144. The molecule has 0 aliphatic rings. The SMILES string of the molecule is CNc1n[nH]c(C(F)(F)F)n1. The smallest absolute Gasteiger partial charge is 0.356 e. The quantitative estimate of drug-likeness (QED) is 0.650. The van der Waals surface area contributed by atoms with Gasteiger partial charge in [-0.1, -0.05) is 0 Å². The zero-order valence-electron chi connectivity index (χ0n) is 5.53. The van der Waals surface area contributed by atoms with Crippen LogP contribution in [0.3, 0.4) is 0 Å². The van der Waals surface area contributed by atoms with Crippen LogP contribution >= 0.6 is 0 Å². The summed E-state index contributed by atoms with van der Waals surface area (Å²) in [6.45, 7) is 0. The first kappa shape index (κ1) is 7.83. The number of alkyl halides is 3. The van der Waals surface area contributed by atoms with E-state index < -0.39 is 12.0 Å². The van der Waals surface area contributed by atoms with E-state index in [1.165, 1.54) is 7.05 Å². The average molecular weight is 166 g/mol. The summed E-state index contributed by atoms with van der Waals surface area (Å²) >= 11 is 0. The van der Waals surface area contributed by atoms with Crippen LogP contribution in [0.4, 0.5) is 19.1 Å². The summed E-state index contributed by atoms with van der Waals surface area (Å²) in [5, 5.41) is 7.35. The van der Waals surface area contributed by atoms with Crippen molar-refractivity contribution in [3.8, 4) is 0 Å². The molecule has 0 bridgehead atoms. The number of nitrogens with zero attached hydrogens (tertiary/aromatic N) is 2. The van der Waals surface area contributed by atoms with E-state index in [1.54, 1.807) is 5.10 Å². The predicted molar refractivity (Wildman–Crippen MR) is 30.9 cm³/mol. The number of anilines is 1. The van der Waals surface area contributed by atoms with Crippen LogP contribution in [0.5, 0.6) is 0 Å². The molecule has 1 aromatic heterocycles. The molecular formula is C4H5F3N4. The maximum Gasteiger partial charge on any atom is 0.451 e. The third-order valence-electron chi connectivity index (χ3n) is 0.978. The number of nitrogens with one attached hydrogen (secondary N) is 2. The Hall–Kier alpha value is -1.27. The Bertz CT molecular complexity index is 240. The number of aromatic nitrogens is 3. The molecule has 1 rings (SSSR count). The number of aromatic amines is 1. The van der Waals surface area contributed by atoms with Crippen molar-refractivity contribution in [3.05, 3.63) is 5.82 Å². The van der Waals surface area contributed by atoms with Gasteiger partial charge in [0.1, 0.15) is 0 Å². The van der Waals surface area contributed by atoms with Crippen molar-refractivity contribution < 1.29 is 13.2 Å². The lowest BCUT2D eigenvalue weighted by Crippen LogP contribution is -2.07. The predicted octanol–water partition coefficient (Wildman–Crippen LogP) is 0.865. The molecule has 0 saturated heterocycles. The molecule has 4 nitrogen and oxygen atoms in total. The second-order valence-corrected chi connectivity index (χ2v) is 1.76. The van der Waals surface area contributed by atoms with Crippen LogP contribution < -0.4 is 5.32 Å². The molecule has 0 unspecified atom stereocenters. The van der Waals surface area contributed by atoms with Crippen molar-refractivity contribution in [3.63, 3.8) is 0 Å². The Morgan fingerprint density at radius 1 is 1.45 bits per heavy atom. The first-order chi connectivity index (χ1) is 5.04. The largest absolute Gasteiger partial charge is 0.451 e. The second-order valence-electron chi connectivity index (χ2n) is 1.76. The standard InChI is InChI=1S/C4H5F3N4/c1-8-3-9-2(10-11-3)4(5,6)7/h1H3,(H2,8,9,10,11). The first-order valence-corrected chi connectivity index (χ1v) is 2.71. The fraction of sp³-hybridized carbons (Fsp3) is 0.500. The molecular weight excluding hydrogens is 161 g/mol. The third-order valence-corrected chi connectivity index (χ3v) is 0.978. The number of hydrogen-bond acceptors (Lipinski definition) is 3. The summed E-state index contributed by atoms with van der Waals surface area (Å²) in [7, 11) is 1.43. The Morgan fingerprint density at radius 2 is 2.09 bits per heavy atom. The van der Waals surface area contributed by atoms with Gasteiger partial charge in [0.05, 0.1) is 0 Å². The van der Waals surface area contributed by atoms with E-state index in [9.17, 15) is 13.2 Å². The maximum absolute atomic E-state index is 11.8. The molecule has 0 spiro atoms. The van der Waals surface area contributed by atoms with Crippen LogP contribution in [0, 0.1) is 0 Å². The van der Waals surface area contributed by atoms with Gasteiger partial charge in [0.15, 0.2) is 0 Å². The number of halogens is 3. The van der Waals surface area contributed by atoms with E-state index in [0.717, 1.165) is 0 Å². The second kappa shape index (κ2) is 2.40. The van der Waals surface area contributed by atoms with Gasteiger partial charge in [-0.25, -0.2) is 0 Å². The average Bonchev–Trinajstić information content (AvgIpc) is 2.32. The normalized spacial score (nSPS) is 11.6. The minimum Gasteiger partial charge on any atom is -0.356 e. The Balaban J connectivity index is 2.89. The highest BCUT2D eigenvalue weighted by atomic mass is 19.4. The summed E-state index contributed by atoms with van der Waals surface area (Å²) in [5.41, 5.74) is 0. The summed E-state index contributed by atoms with van der Waals surface area (Å²) in [6, 6.07) is 0. The first-order valence-electron chi connectivity index (χ1n) is 2.71. The van der Waals surface area contributed by atoms with Crippen LogP contribution in [0.15, 0.2) is 0 Å². The molecule has 62 valence electrons. The molecule has 0 saturated carbocycles. The topological polar surface area (TPSA) is 53.6 Å². The lowest BCUT2D eigenvalue weighted by atomic mass is 10.6. The summed E-state index contributed by atoms with van der Waals surface area (Å²) < 4.78 is 35.3. The Labute approximate surface area is 59.8 Å². The number of H-pyrrole nitrogens is 1. The van der Waals surface area contributed by atoms with E-state index in [4.69, 9.17) is 0 Å². The highest BCUT2D eigenvalue weighted by Gasteiger charge is 2.35. The maximum atomic E-state index is 11.8. The molecule has 0 radical (unpaired) electrons. The van der Waals surface area contributed by atoms with Gasteiger partial charge in [0.2, 0.25) is 11.8 Å². The minimum atomic E-state index is -4.46. The van der Waals surface area contributed by atoms with Gasteiger partial charge < -0.3 is 5.32 Å². The molecule has 0 fully saturated rings. The highest BCUT2D eigenvalue weighted by Crippen LogP contribution is 2.25. The van der Waals surface area contributed by atoms with Gasteiger partial charge in [-0.05, 0) is 0 Å². The monoisotopic (exact) mass is 166 g/mol. The van der Waals surface area contributed by atoms with Gasteiger partial charge >= 0.3 is 6.18 Å². The Kier molecular flexibility index (Phi) is 1.71. The van der Waals surface area contributed by atoms with Crippen LogP contribution in [0.2, 0.25) is 0 Å². The molecule has 0 amide bonds. The minimum absolute atomic E-state index is 0.0719. The summed E-state index contributed by atoms with van der Waals surface area (Å²) in [5.74, 6) is -1.17. The molecule has 1 aromatic rings. The summed E-state index contributed by atoms with van der Waals surface area (Å²) in [4.78, 5) is 3.10. The van der Waals surface area contributed by atoms with Crippen molar-refractivity contribution in [1.29, 1.82) is 0 Å². The van der Waals surface area contributed by atoms with Crippen LogP contribution in [-0.4, -0.2) is 22.2 Å². The molecule has 1 heterocycles. The van der Waals surface area contributed by atoms with Crippen LogP contribution in [-0.2, 0) is 6.18 Å². The molecule has 11 heavy (non-hydrogen) atoms. The fourth-order valence-corrected chi connectivity index (χ4v) is 0.500. The summed E-state index contributed by atoms with van der Waals surface area (Å²) in [6.07, 6.45) is -4.46. The molecule has 0 aliphatic heterocycles. The zero-order valence-corrected chi connectivity index (χ0v) is 5.53. The van der Waals surface area contributed by atoms with E-state index in [1.807, 2.05) is 0 Å². The van der Waals surface area contributed by atoms with Crippen molar-refractivity contribution in [2.45, 2.75) is 6.18 Å². The lowest BCUT2D eigenvalue weighted by Gasteiger charge is -1.97.